The Bertz CT molecular complexity index is 961. The SMILES string of the molecule is COc1cc(CCC(=O)N2CCc3sccc3C2c2ccccc2)cc(OC)c1. The van der Waals surface area contributed by atoms with Crippen LogP contribution in [-0.2, 0) is 17.6 Å². The van der Waals surface area contributed by atoms with E-state index in [0.29, 0.717) is 12.8 Å². The number of hydrogen-bond acceptors (Lipinski definition) is 4. The highest BCUT2D eigenvalue weighted by atomic mass is 32.1. The number of thiophene rings is 1. The minimum atomic E-state index is -0.00135. The maximum Gasteiger partial charge on any atom is 0.223 e. The number of carbonyl (C=O) groups is 1. The lowest BCUT2D eigenvalue weighted by Crippen LogP contribution is -2.40. The number of rotatable bonds is 6. The van der Waals surface area contributed by atoms with Gasteiger partial charge in [-0.15, -0.1) is 11.3 Å². The number of fused-ring (bicyclic) bond motifs is 1. The molecule has 1 aliphatic rings. The highest BCUT2D eigenvalue weighted by Crippen LogP contribution is 2.38. The molecule has 3 aromatic rings. The lowest BCUT2D eigenvalue weighted by molar-refractivity contribution is -0.133. The van der Waals surface area contributed by atoms with Crippen molar-refractivity contribution < 1.29 is 14.3 Å². The lowest BCUT2D eigenvalue weighted by Gasteiger charge is -2.36. The quantitative estimate of drug-likeness (QED) is 0.585. The molecule has 0 radical (unpaired) electrons. The number of ether oxygens (including phenoxy) is 2. The summed E-state index contributed by atoms with van der Waals surface area (Å²) in [5.41, 5.74) is 3.48. The Morgan fingerprint density at radius 3 is 2.48 bits per heavy atom. The largest absolute Gasteiger partial charge is 0.497 e. The Kier molecular flexibility index (Phi) is 5.86. The summed E-state index contributed by atoms with van der Waals surface area (Å²) in [6.45, 7) is 0.757. The third kappa shape index (κ3) is 4.15. The van der Waals surface area contributed by atoms with Gasteiger partial charge in [-0.1, -0.05) is 30.3 Å². The van der Waals surface area contributed by atoms with Gasteiger partial charge in [-0.2, -0.15) is 0 Å². The Morgan fingerprint density at radius 2 is 1.79 bits per heavy atom. The Morgan fingerprint density at radius 1 is 1.07 bits per heavy atom. The maximum absolute atomic E-state index is 13.3. The molecule has 1 aromatic heterocycles. The number of aryl methyl sites for hydroxylation is 1. The van der Waals surface area contributed by atoms with Crippen LogP contribution in [-0.4, -0.2) is 31.6 Å². The maximum atomic E-state index is 13.3. The van der Waals surface area contributed by atoms with Crippen molar-refractivity contribution in [1.29, 1.82) is 0 Å². The van der Waals surface area contributed by atoms with Gasteiger partial charge in [0, 0.05) is 23.9 Å². The Balaban J connectivity index is 1.55. The average Bonchev–Trinajstić information content (AvgIpc) is 3.26. The van der Waals surface area contributed by atoms with E-state index in [-0.39, 0.29) is 11.9 Å². The van der Waals surface area contributed by atoms with E-state index in [1.807, 2.05) is 41.3 Å². The third-order valence-corrected chi connectivity index (χ3v) is 6.44. The second-order valence-corrected chi connectivity index (χ2v) is 8.17. The van der Waals surface area contributed by atoms with Crippen LogP contribution in [0, 0.1) is 0 Å². The van der Waals surface area contributed by atoms with E-state index in [0.717, 1.165) is 30.0 Å². The average molecular weight is 408 g/mol. The van der Waals surface area contributed by atoms with Gasteiger partial charge >= 0.3 is 0 Å². The van der Waals surface area contributed by atoms with Crippen molar-refractivity contribution in [3.63, 3.8) is 0 Å². The summed E-state index contributed by atoms with van der Waals surface area (Å²) in [6.07, 6.45) is 2.04. The van der Waals surface area contributed by atoms with E-state index < -0.39 is 0 Å². The summed E-state index contributed by atoms with van der Waals surface area (Å²) in [4.78, 5) is 16.7. The van der Waals surface area contributed by atoms with E-state index in [1.54, 1.807) is 25.6 Å². The van der Waals surface area contributed by atoms with Gasteiger partial charge in [-0.3, -0.25) is 4.79 Å². The molecule has 0 bridgehead atoms. The zero-order chi connectivity index (χ0) is 20.2. The first-order valence-corrected chi connectivity index (χ1v) is 10.7. The van der Waals surface area contributed by atoms with E-state index >= 15 is 0 Å². The Labute approximate surface area is 175 Å². The summed E-state index contributed by atoms with van der Waals surface area (Å²) in [5, 5.41) is 2.14. The number of amides is 1. The van der Waals surface area contributed by atoms with Crippen molar-refractivity contribution in [2.75, 3.05) is 20.8 Å². The minimum absolute atomic E-state index is 0.00135. The molecule has 0 aliphatic carbocycles. The summed E-state index contributed by atoms with van der Waals surface area (Å²) < 4.78 is 10.7. The molecule has 150 valence electrons. The predicted octanol–water partition coefficient (Wildman–Crippen LogP) is 4.87. The molecule has 1 unspecified atom stereocenters. The predicted molar refractivity (Wildman–Crippen MR) is 116 cm³/mol. The van der Waals surface area contributed by atoms with Gasteiger partial charge in [0.05, 0.1) is 20.3 Å². The molecule has 0 N–H and O–H groups in total. The van der Waals surface area contributed by atoms with Crippen molar-refractivity contribution in [3.05, 3.63) is 81.5 Å². The van der Waals surface area contributed by atoms with Crippen LogP contribution in [0.4, 0.5) is 0 Å². The first-order valence-electron chi connectivity index (χ1n) is 9.82. The fourth-order valence-electron chi connectivity index (χ4n) is 3.99. The van der Waals surface area contributed by atoms with Crippen molar-refractivity contribution in [2.45, 2.75) is 25.3 Å². The topological polar surface area (TPSA) is 38.8 Å². The van der Waals surface area contributed by atoms with Gasteiger partial charge in [-0.25, -0.2) is 0 Å². The van der Waals surface area contributed by atoms with E-state index in [1.165, 1.54) is 16.0 Å². The molecule has 0 fully saturated rings. The number of carbonyl (C=O) groups excluding carboxylic acids is 1. The van der Waals surface area contributed by atoms with Crippen LogP contribution in [0.1, 0.15) is 34.0 Å². The molecule has 0 saturated heterocycles. The molecule has 2 aromatic carbocycles. The lowest BCUT2D eigenvalue weighted by atomic mass is 9.92. The highest BCUT2D eigenvalue weighted by molar-refractivity contribution is 7.10. The molecule has 1 aliphatic heterocycles. The molecule has 4 rings (SSSR count). The molecule has 5 heteroatoms. The van der Waals surface area contributed by atoms with Crippen LogP contribution in [0.25, 0.3) is 0 Å². The monoisotopic (exact) mass is 407 g/mol. The first-order chi connectivity index (χ1) is 14.2. The molecular formula is C24H25NO3S. The standard InChI is InChI=1S/C24H25NO3S/c1-27-19-14-17(15-20(16-19)28-2)8-9-23(26)25-12-10-22-21(11-13-29-22)24(25)18-6-4-3-5-7-18/h3-7,11,13-16,24H,8-10,12H2,1-2H3. The van der Waals surface area contributed by atoms with Crippen LogP contribution in [0.3, 0.4) is 0 Å². The smallest absolute Gasteiger partial charge is 0.223 e. The zero-order valence-corrected chi connectivity index (χ0v) is 17.6. The molecule has 4 nitrogen and oxygen atoms in total. The van der Waals surface area contributed by atoms with Gasteiger partial charge in [0.1, 0.15) is 11.5 Å². The molecule has 0 spiro atoms. The number of hydrogen-bond donors (Lipinski definition) is 0. The highest BCUT2D eigenvalue weighted by Gasteiger charge is 2.32. The Hall–Kier alpha value is -2.79. The summed E-state index contributed by atoms with van der Waals surface area (Å²) >= 11 is 1.79. The molecule has 1 atom stereocenters. The van der Waals surface area contributed by atoms with Crippen molar-refractivity contribution in [2.24, 2.45) is 0 Å². The van der Waals surface area contributed by atoms with Gasteiger partial charge in [0.2, 0.25) is 5.91 Å². The normalized spacial score (nSPS) is 15.7. The molecule has 29 heavy (non-hydrogen) atoms. The zero-order valence-electron chi connectivity index (χ0n) is 16.8. The van der Waals surface area contributed by atoms with Crippen molar-refractivity contribution in [3.8, 4) is 11.5 Å². The number of nitrogens with zero attached hydrogens (tertiary/aromatic N) is 1. The molecule has 2 heterocycles. The van der Waals surface area contributed by atoms with Gasteiger partial charge in [0.15, 0.2) is 0 Å². The van der Waals surface area contributed by atoms with E-state index in [2.05, 4.69) is 23.6 Å². The molecule has 1 amide bonds. The second-order valence-electron chi connectivity index (χ2n) is 7.17. The number of methoxy groups -OCH3 is 2. The van der Waals surface area contributed by atoms with E-state index in [9.17, 15) is 4.79 Å². The van der Waals surface area contributed by atoms with Gasteiger partial charge in [-0.05, 0) is 53.1 Å². The van der Waals surface area contributed by atoms with Gasteiger partial charge < -0.3 is 14.4 Å². The van der Waals surface area contributed by atoms with Crippen molar-refractivity contribution >= 4 is 17.2 Å². The van der Waals surface area contributed by atoms with Crippen LogP contribution in [0.2, 0.25) is 0 Å². The fraction of sp³-hybridized carbons (Fsp3) is 0.292. The third-order valence-electron chi connectivity index (χ3n) is 5.44. The summed E-state index contributed by atoms with van der Waals surface area (Å²) in [7, 11) is 3.28. The van der Waals surface area contributed by atoms with Crippen LogP contribution in [0.5, 0.6) is 11.5 Å². The van der Waals surface area contributed by atoms with Crippen LogP contribution >= 0.6 is 11.3 Å². The first kappa shape index (κ1) is 19.5. The van der Waals surface area contributed by atoms with Crippen LogP contribution < -0.4 is 9.47 Å². The fourth-order valence-corrected chi connectivity index (χ4v) is 4.89. The molecular weight excluding hydrogens is 382 g/mol. The minimum Gasteiger partial charge on any atom is -0.497 e. The molecule has 0 saturated carbocycles. The van der Waals surface area contributed by atoms with Gasteiger partial charge in [0.25, 0.3) is 0 Å². The second kappa shape index (κ2) is 8.70. The van der Waals surface area contributed by atoms with E-state index in [4.69, 9.17) is 9.47 Å². The van der Waals surface area contributed by atoms with Crippen LogP contribution in [0.15, 0.2) is 60.0 Å². The summed E-state index contributed by atoms with van der Waals surface area (Å²) in [6, 6.07) is 18.3. The number of benzene rings is 2. The summed E-state index contributed by atoms with van der Waals surface area (Å²) in [5.74, 6) is 1.67. The van der Waals surface area contributed by atoms with Crippen molar-refractivity contribution in [1.82, 2.24) is 4.90 Å².